The fourth-order valence-electron chi connectivity index (χ4n) is 2.04. The summed E-state index contributed by atoms with van der Waals surface area (Å²) in [7, 11) is -3.57. The van der Waals surface area contributed by atoms with Gasteiger partial charge in [0.25, 0.3) is 0 Å². The molecule has 0 aliphatic rings. The average Bonchev–Trinajstić information content (AvgIpc) is 2.39. The van der Waals surface area contributed by atoms with Crippen LogP contribution in [0.3, 0.4) is 0 Å². The van der Waals surface area contributed by atoms with Crippen molar-refractivity contribution in [1.82, 2.24) is 9.71 Å². The molecule has 0 bridgehead atoms. The maximum Gasteiger partial charge on any atom is 0.241 e. The lowest BCUT2D eigenvalue weighted by atomic mass is 9.98. The molecule has 4 nitrogen and oxygen atoms in total. The number of benzene rings is 1. The molecule has 2 rings (SSSR count). The molecule has 1 aromatic carbocycles. The van der Waals surface area contributed by atoms with Crippen LogP contribution in [0.25, 0.3) is 0 Å². The molecule has 0 fully saturated rings. The Morgan fingerprint density at radius 2 is 1.80 bits per heavy atom. The van der Waals surface area contributed by atoms with E-state index < -0.39 is 15.6 Å². The van der Waals surface area contributed by atoms with Crippen LogP contribution < -0.4 is 4.72 Å². The summed E-state index contributed by atoms with van der Waals surface area (Å²) in [5.74, 6) is 0. The monoisotopic (exact) mass is 290 g/mol. The standard InChI is InChI=1S/C15H18N2O2S/c1-12-7-4-5-9-14(12)20(18,19)17-15(2,3)13-8-6-10-16-11-13/h4-11,17H,1-3H3. The van der Waals surface area contributed by atoms with E-state index in [1.807, 2.05) is 26.0 Å². The molecule has 1 N–H and O–H groups in total. The minimum atomic E-state index is -3.57. The van der Waals surface area contributed by atoms with Gasteiger partial charge in [0.05, 0.1) is 10.4 Å². The zero-order valence-electron chi connectivity index (χ0n) is 11.8. The summed E-state index contributed by atoms with van der Waals surface area (Å²) in [6, 6.07) is 10.6. The Morgan fingerprint density at radius 3 is 2.40 bits per heavy atom. The first-order valence-electron chi connectivity index (χ1n) is 6.33. The van der Waals surface area contributed by atoms with Crippen LogP contribution in [0.2, 0.25) is 0 Å². The number of hydrogen-bond donors (Lipinski definition) is 1. The van der Waals surface area contributed by atoms with E-state index in [1.54, 1.807) is 43.6 Å². The van der Waals surface area contributed by atoms with Gasteiger partial charge in [-0.05, 0) is 44.0 Å². The highest BCUT2D eigenvalue weighted by atomic mass is 32.2. The van der Waals surface area contributed by atoms with Gasteiger partial charge in [0, 0.05) is 12.4 Å². The molecule has 0 saturated carbocycles. The van der Waals surface area contributed by atoms with Crippen LogP contribution in [-0.4, -0.2) is 13.4 Å². The number of rotatable bonds is 4. The van der Waals surface area contributed by atoms with Crippen molar-refractivity contribution in [3.63, 3.8) is 0 Å². The molecule has 0 aliphatic heterocycles. The van der Waals surface area contributed by atoms with Crippen molar-refractivity contribution in [1.29, 1.82) is 0 Å². The molecule has 0 radical (unpaired) electrons. The van der Waals surface area contributed by atoms with E-state index in [0.29, 0.717) is 4.90 Å². The second-order valence-corrected chi connectivity index (χ2v) is 6.89. The van der Waals surface area contributed by atoms with Crippen molar-refractivity contribution in [3.05, 3.63) is 59.9 Å². The third-order valence-electron chi connectivity index (χ3n) is 3.16. The Balaban J connectivity index is 2.36. The van der Waals surface area contributed by atoms with Gasteiger partial charge in [-0.3, -0.25) is 4.98 Å². The number of nitrogens with one attached hydrogen (secondary N) is 1. The SMILES string of the molecule is Cc1ccccc1S(=O)(=O)NC(C)(C)c1cccnc1. The smallest absolute Gasteiger partial charge is 0.241 e. The first-order valence-corrected chi connectivity index (χ1v) is 7.81. The Bertz CT molecular complexity index is 695. The lowest BCUT2D eigenvalue weighted by molar-refractivity contribution is 0.470. The number of nitrogens with zero attached hydrogens (tertiary/aromatic N) is 1. The van der Waals surface area contributed by atoms with Gasteiger partial charge in [-0.25, -0.2) is 13.1 Å². The molecule has 5 heteroatoms. The number of pyridine rings is 1. The Labute approximate surface area is 119 Å². The Hall–Kier alpha value is -1.72. The molecule has 0 saturated heterocycles. The maximum atomic E-state index is 12.5. The van der Waals surface area contributed by atoms with Crippen molar-refractivity contribution in [3.8, 4) is 0 Å². The summed E-state index contributed by atoms with van der Waals surface area (Å²) in [6.45, 7) is 5.42. The number of aryl methyl sites for hydroxylation is 1. The highest BCUT2D eigenvalue weighted by molar-refractivity contribution is 7.89. The lowest BCUT2D eigenvalue weighted by Gasteiger charge is -2.26. The van der Waals surface area contributed by atoms with Crippen molar-refractivity contribution in [2.45, 2.75) is 31.2 Å². The van der Waals surface area contributed by atoms with Crippen LogP contribution in [0.15, 0.2) is 53.7 Å². The van der Waals surface area contributed by atoms with Crippen LogP contribution in [0.1, 0.15) is 25.0 Å². The van der Waals surface area contributed by atoms with Gasteiger partial charge < -0.3 is 0 Å². The fraction of sp³-hybridized carbons (Fsp3) is 0.267. The van der Waals surface area contributed by atoms with E-state index in [4.69, 9.17) is 0 Å². The number of hydrogen-bond acceptors (Lipinski definition) is 3. The third-order valence-corrected chi connectivity index (χ3v) is 4.97. The molecule has 0 amide bonds. The van der Waals surface area contributed by atoms with Crippen LogP contribution in [-0.2, 0) is 15.6 Å². The predicted octanol–water partition coefficient (Wildman–Crippen LogP) is 2.60. The first kappa shape index (κ1) is 14.7. The minimum Gasteiger partial charge on any atom is -0.264 e. The van der Waals surface area contributed by atoms with Crippen molar-refractivity contribution >= 4 is 10.0 Å². The quantitative estimate of drug-likeness (QED) is 0.941. The largest absolute Gasteiger partial charge is 0.264 e. The molecule has 20 heavy (non-hydrogen) atoms. The molecular formula is C15H18N2O2S. The van der Waals surface area contributed by atoms with E-state index >= 15 is 0 Å². The molecule has 0 atom stereocenters. The van der Waals surface area contributed by atoms with Gasteiger partial charge in [-0.15, -0.1) is 0 Å². The van der Waals surface area contributed by atoms with Gasteiger partial charge in [0.1, 0.15) is 0 Å². The average molecular weight is 290 g/mol. The summed E-state index contributed by atoms with van der Waals surface area (Å²) in [6.07, 6.45) is 3.33. The molecule has 0 spiro atoms. The summed E-state index contributed by atoms with van der Waals surface area (Å²) in [5.41, 5.74) is 0.814. The summed E-state index contributed by atoms with van der Waals surface area (Å²) in [4.78, 5) is 4.34. The van der Waals surface area contributed by atoms with Gasteiger partial charge in [-0.2, -0.15) is 0 Å². The highest BCUT2D eigenvalue weighted by Crippen LogP contribution is 2.23. The van der Waals surface area contributed by atoms with Crippen molar-refractivity contribution in [2.75, 3.05) is 0 Å². The number of aromatic nitrogens is 1. The molecule has 0 aliphatic carbocycles. The van der Waals surface area contributed by atoms with Gasteiger partial charge >= 0.3 is 0 Å². The molecule has 106 valence electrons. The van der Waals surface area contributed by atoms with Gasteiger partial charge in [-0.1, -0.05) is 24.3 Å². The third kappa shape index (κ3) is 3.05. The van der Waals surface area contributed by atoms with E-state index in [-0.39, 0.29) is 0 Å². The van der Waals surface area contributed by atoms with E-state index in [0.717, 1.165) is 11.1 Å². The van der Waals surface area contributed by atoms with E-state index in [1.165, 1.54) is 0 Å². The summed E-state index contributed by atoms with van der Waals surface area (Å²) >= 11 is 0. The molecule has 0 unspecified atom stereocenters. The minimum absolute atomic E-state index is 0.303. The van der Waals surface area contributed by atoms with Crippen molar-refractivity contribution in [2.24, 2.45) is 0 Å². The Kier molecular flexibility index (Phi) is 3.92. The van der Waals surface area contributed by atoms with Crippen LogP contribution in [0.4, 0.5) is 0 Å². The summed E-state index contributed by atoms with van der Waals surface area (Å²) in [5, 5.41) is 0. The highest BCUT2D eigenvalue weighted by Gasteiger charge is 2.28. The zero-order valence-corrected chi connectivity index (χ0v) is 12.6. The van der Waals surface area contributed by atoms with Crippen molar-refractivity contribution < 1.29 is 8.42 Å². The van der Waals surface area contributed by atoms with Gasteiger partial charge in [0.15, 0.2) is 0 Å². The van der Waals surface area contributed by atoms with E-state index in [9.17, 15) is 8.42 Å². The van der Waals surface area contributed by atoms with Crippen LogP contribution >= 0.6 is 0 Å². The van der Waals surface area contributed by atoms with Gasteiger partial charge in [0.2, 0.25) is 10.0 Å². The lowest BCUT2D eigenvalue weighted by Crippen LogP contribution is -2.41. The topological polar surface area (TPSA) is 59.1 Å². The molecule has 1 heterocycles. The van der Waals surface area contributed by atoms with E-state index in [2.05, 4.69) is 9.71 Å². The van der Waals surface area contributed by atoms with Crippen LogP contribution in [0, 0.1) is 6.92 Å². The molecule has 1 aromatic heterocycles. The van der Waals surface area contributed by atoms with Crippen LogP contribution in [0.5, 0.6) is 0 Å². The fourth-order valence-corrected chi connectivity index (χ4v) is 3.69. The number of sulfonamides is 1. The predicted molar refractivity (Wildman–Crippen MR) is 78.8 cm³/mol. The zero-order chi connectivity index (χ0) is 14.8. The second kappa shape index (κ2) is 5.34. The second-order valence-electron chi connectivity index (χ2n) is 5.24. The maximum absolute atomic E-state index is 12.5. The Morgan fingerprint density at radius 1 is 1.10 bits per heavy atom. The normalized spacial score (nSPS) is 12.3. The molecular weight excluding hydrogens is 272 g/mol. The molecule has 2 aromatic rings. The first-order chi connectivity index (χ1) is 9.33. The summed E-state index contributed by atoms with van der Waals surface area (Å²) < 4.78 is 27.8.